The van der Waals surface area contributed by atoms with Crippen molar-refractivity contribution in [1.29, 1.82) is 0 Å². The van der Waals surface area contributed by atoms with Gasteiger partial charge in [0.1, 0.15) is 5.69 Å². The summed E-state index contributed by atoms with van der Waals surface area (Å²) in [5.74, 6) is -0.135. The molecule has 0 bridgehead atoms. The van der Waals surface area contributed by atoms with Gasteiger partial charge in [0.25, 0.3) is 5.91 Å². The highest BCUT2D eigenvalue weighted by Gasteiger charge is 2.31. The van der Waals surface area contributed by atoms with E-state index >= 15 is 0 Å². The van der Waals surface area contributed by atoms with E-state index in [1.54, 1.807) is 4.90 Å². The van der Waals surface area contributed by atoms with Crippen LogP contribution in [0, 0.1) is 5.92 Å². The molecule has 2 rings (SSSR count). The number of hydrogen-bond donors (Lipinski definition) is 1. The first kappa shape index (κ1) is 17.8. The molecule has 128 valence electrons. The maximum Gasteiger partial charge on any atom is 0.274 e. The first-order valence-electron chi connectivity index (χ1n) is 7.48. The molecule has 1 aliphatic rings. The molecule has 0 aromatic carbocycles. The van der Waals surface area contributed by atoms with E-state index in [1.807, 2.05) is 6.92 Å². The highest BCUT2D eigenvalue weighted by Crippen LogP contribution is 2.20. The van der Waals surface area contributed by atoms with Crippen molar-refractivity contribution in [3.63, 3.8) is 0 Å². The minimum Gasteiger partial charge on any atom is -0.379 e. The lowest BCUT2D eigenvalue weighted by molar-refractivity contribution is 0.0652. The lowest BCUT2D eigenvalue weighted by atomic mass is 9.97. The van der Waals surface area contributed by atoms with E-state index in [0.717, 1.165) is 6.26 Å². The monoisotopic (exact) mass is 342 g/mol. The minimum absolute atomic E-state index is 0.0485. The molecule has 9 heteroatoms. The predicted octanol–water partition coefficient (Wildman–Crippen LogP) is -0.107. The standard InChI is InChI=1S/C14H22N4O4S/c1-11-12(3-4-17-23(2,20)21)10-22-8-7-18(11)14(19)13-9-15-5-6-16-13/h5-6,9,11-12,17H,3-4,7-8,10H2,1-2H3/t11-,12+/m1/s1. The molecule has 1 saturated heterocycles. The number of nitrogens with one attached hydrogen (secondary N) is 1. The van der Waals surface area contributed by atoms with Gasteiger partial charge >= 0.3 is 0 Å². The number of ether oxygens (including phenoxy) is 1. The van der Waals surface area contributed by atoms with Gasteiger partial charge in [0.2, 0.25) is 10.0 Å². The molecule has 1 amide bonds. The third kappa shape index (κ3) is 5.22. The summed E-state index contributed by atoms with van der Waals surface area (Å²) in [4.78, 5) is 22.3. The topological polar surface area (TPSA) is 101 Å². The highest BCUT2D eigenvalue weighted by atomic mass is 32.2. The first-order chi connectivity index (χ1) is 10.9. The van der Waals surface area contributed by atoms with Gasteiger partial charge < -0.3 is 9.64 Å². The molecule has 1 fully saturated rings. The molecule has 1 aromatic heterocycles. The largest absolute Gasteiger partial charge is 0.379 e. The van der Waals surface area contributed by atoms with Crippen LogP contribution in [0.4, 0.5) is 0 Å². The van der Waals surface area contributed by atoms with Gasteiger partial charge in [-0.3, -0.25) is 9.78 Å². The van der Waals surface area contributed by atoms with Gasteiger partial charge in [0.15, 0.2) is 0 Å². The van der Waals surface area contributed by atoms with E-state index in [1.165, 1.54) is 18.6 Å². The second-order valence-corrected chi connectivity index (χ2v) is 7.45. The zero-order valence-electron chi connectivity index (χ0n) is 13.3. The maximum atomic E-state index is 12.6. The van der Waals surface area contributed by atoms with Crippen molar-refractivity contribution in [2.75, 3.05) is 32.6 Å². The van der Waals surface area contributed by atoms with Gasteiger partial charge in [-0.25, -0.2) is 18.1 Å². The molecule has 2 atom stereocenters. The fraction of sp³-hybridized carbons (Fsp3) is 0.643. The molecule has 0 spiro atoms. The molecule has 0 unspecified atom stereocenters. The average molecular weight is 342 g/mol. The quantitative estimate of drug-likeness (QED) is 0.801. The van der Waals surface area contributed by atoms with Gasteiger partial charge in [-0.05, 0) is 13.3 Å². The molecule has 8 nitrogen and oxygen atoms in total. The lowest BCUT2D eigenvalue weighted by Gasteiger charge is -2.31. The number of rotatable bonds is 5. The Labute approximate surface area is 136 Å². The van der Waals surface area contributed by atoms with Crippen LogP contribution in [-0.4, -0.2) is 67.8 Å². The van der Waals surface area contributed by atoms with Crippen LogP contribution in [0.25, 0.3) is 0 Å². The van der Waals surface area contributed by atoms with Crippen molar-refractivity contribution < 1.29 is 17.9 Å². The maximum absolute atomic E-state index is 12.6. The Morgan fingerprint density at radius 2 is 2.26 bits per heavy atom. The molecule has 0 saturated carbocycles. The summed E-state index contributed by atoms with van der Waals surface area (Å²) in [5.41, 5.74) is 0.300. The number of aromatic nitrogens is 2. The fourth-order valence-electron chi connectivity index (χ4n) is 2.59. The Hall–Kier alpha value is -1.58. The zero-order chi connectivity index (χ0) is 16.9. The second kappa shape index (κ2) is 7.80. The number of hydrogen-bond acceptors (Lipinski definition) is 6. The van der Waals surface area contributed by atoms with Gasteiger partial charge in [-0.1, -0.05) is 0 Å². The third-order valence-corrected chi connectivity index (χ3v) is 4.63. The number of amides is 1. The average Bonchev–Trinajstić information content (AvgIpc) is 2.69. The number of nitrogens with zero attached hydrogens (tertiary/aromatic N) is 3. The van der Waals surface area contributed by atoms with Crippen molar-refractivity contribution in [3.05, 3.63) is 24.3 Å². The van der Waals surface area contributed by atoms with E-state index in [2.05, 4.69) is 14.7 Å². The molecule has 23 heavy (non-hydrogen) atoms. The SMILES string of the molecule is C[C@@H]1[C@@H](CCNS(C)(=O)=O)COCCN1C(=O)c1cnccn1. The minimum atomic E-state index is -3.21. The summed E-state index contributed by atoms with van der Waals surface area (Å²) >= 11 is 0. The second-order valence-electron chi connectivity index (χ2n) is 5.62. The molecule has 1 N–H and O–H groups in total. The van der Waals surface area contributed by atoms with E-state index in [-0.39, 0.29) is 17.9 Å². The highest BCUT2D eigenvalue weighted by molar-refractivity contribution is 7.88. The molecule has 0 aliphatic carbocycles. The van der Waals surface area contributed by atoms with Crippen molar-refractivity contribution in [1.82, 2.24) is 19.6 Å². The Morgan fingerprint density at radius 3 is 2.91 bits per heavy atom. The van der Waals surface area contributed by atoms with Crippen LogP contribution < -0.4 is 4.72 Å². The van der Waals surface area contributed by atoms with Crippen molar-refractivity contribution in [3.8, 4) is 0 Å². The van der Waals surface area contributed by atoms with Crippen LogP contribution >= 0.6 is 0 Å². The van der Waals surface area contributed by atoms with Crippen LogP contribution in [0.15, 0.2) is 18.6 Å². The Balaban J connectivity index is 2.04. The van der Waals surface area contributed by atoms with Gasteiger partial charge in [-0.15, -0.1) is 0 Å². The molecule has 1 aromatic rings. The number of carbonyl (C=O) groups excluding carboxylic acids is 1. The molecule has 2 heterocycles. The third-order valence-electron chi connectivity index (χ3n) is 3.90. The summed E-state index contributed by atoms with van der Waals surface area (Å²) in [6.07, 6.45) is 6.18. The summed E-state index contributed by atoms with van der Waals surface area (Å²) in [6.45, 7) is 3.70. The normalized spacial score (nSPS) is 22.6. The lowest BCUT2D eigenvalue weighted by Crippen LogP contribution is -2.44. The smallest absolute Gasteiger partial charge is 0.274 e. The Kier molecular flexibility index (Phi) is 6.03. The molecule has 1 aliphatic heterocycles. The zero-order valence-corrected chi connectivity index (χ0v) is 14.1. The van der Waals surface area contributed by atoms with E-state index in [4.69, 9.17) is 4.74 Å². The van der Waals surface area contributed by atoms with Crippen molar-refractivity contribution in [2.24, 2.45) is 5.92 Å². The Bertz CT molecular complexity index is 623. The molecule has 0 radical (unpaired) electrons. The first-order valence-corrected chi connectivity index (χ1v) is 9.37. The summed E-state index contributed by atoms with van der Waals surface area (Å²) in [6, 6.07) is -0.0756. The molecular weight excluding hydrogens is 320 g/mol. The van der Waals surface area contributed by atoms with Gasteiger partial charge in [-0.2, -0.15) is 0 Å². The van der Waals surface area contributed by atoms with E-state index in [9.17, 15) is 13.2 Å². The van der Waals surface area contributed by atoms with Crippen LogP contribution in [0.3, 0.4) is 0 Å². The number of carbonyl (C=O) groups is 1. The van der Waals surface area contributed by atoms with E-state index in [0.29, 0.717) is 38.4 Å². The van der Waals surface area contributed by atoms with Crippen molar-refractivity contribution in [2.45, 2.75) is 19.4 Å². The number of sulfonamides is 1. The summed E-state index contributed by atoms with van der Waals surface area (Å²) < 4.78 is 30.4. The van der Waals surface area contributed by atoms with Crippen molar-refractivity contribution >= 4 is 15.9 Å². The van der Waals surface area contributed by atoms with Gasteiger partial charge in [0, 0.05) is 37.4 Å². The fourth-order valence-corrected chi connectivity index (χ4v) is 3.08. The van der Waals surface area contributed by atoms with Crippen LogP contribution in [-0.2, 0) is 14.8 Å². The van der Waals surface area contributed by atoms with Crippen LogP contribution in [0.5, 0.6) is 0 Å². The van der Waals surface area contributed by atoms with E-state index < -0.39 is 10.0 Å². The predicted molar refractivity (Wildman–Crippen MR) is 84.3 cm³/mol. The summed E-state index contributed by atoms with van der Waals surface area (Å²) in [7, 11) is -3.21. The summed E-state index contributed by atoms with van der Waals surface area (Å²) in [5, 5.41) is 0. The molecular formula is C14H22N4O4S. The van der Waals surface area contributed by atoms with Crippen LogP contribution in [0.2, 0.25) is 0 Å². The van der Waals surface area contributed by atoms with Crippen LogP contribution in [0.1, 0.15) is 23.8 Å². The Morgan fingerprint density at radius 1 is 1.48 bits per heavy atom. The van der Waals surface area contributed by atoms with Gasteiger partial charge in [0.05, 0.1) is 25.7 Å².